The van der Waals surface area contributed by atoms with Crippen LogP contribution in [0.4, 0.5) is 5.69 Å². The molecule has 0 aliphatic carbocycles. The number of amides is 2. The lowest BCUT2D eigenvalue weighted by molar-refractivity contribution is -0.126. The smallest absolute Gasteiger partial charge is 0.278 e. The lowest BCUT2D eigenvalue weighted by Gasteiger charge is -2.16. The van der Waals surface area contributed by atoms with Crippen LogP contribution in [0.5, 0.6) is 23.0 Å². The summed E-state index contributed by atoms with van der Waals surface area (Å²) >= 11 is 0. The van der Waals surface area contributed by atoms with Gasteiger partial charge in [0.15, 0.2) is 11.5 Å². The summed E-state index contributed by atoms with van der Waals surface area (Å²) in [5.74, 6) is 0.334. The first kappa shape index (κ1) is 17.4. The van der Waals surface area contributed by atoms with Gasteiger partial charge in [0.25, 0.3) is 5.91 Å². The summed E-state index contributed by atoms with van der Waals surface area (Å²) in [5.41, 5.74) is 1.30. The maximum Gasteiger partial charge on any atom is 0.278 e. The van der Waals surface area contributed by atoms with Crippen molar-refractivity contribution in [2.45, 2.75) is 6.10 Å². The van der Waals surface area contributed by atoms with Crippen molar-refractivity contribution in [3.05, 3.63) is 42.0 Å². The Morgan fingerprint density at radius 2 is 1.83 bits per heavy atom. The molecule has 0 saturated carbocycles. The number of hydrogen-bond donors (Lipinski definition) is 0. The zero-order chi connectivity index (χ0) is 20.1. The Kier molecular flexibility index (Phi) is 3.83. The standard InChI is InChI=1S/C20H16N2O7/c1-25-11-4-5-12(14(8-11)26-2)17-16-18(29-21-17)20(24)22(19(16)23)10-3-6-13-15(7-10)28-9-27-13/h3-8,16,18H,9H2,1-2H3/t16-,18-/m0/s1. The van der Waals surface area contributed by atoms with E-state index in [4.69, 9.17) is 23.8 Å². The summed E-state index contributed by atoms with van der Waals surface area (Å²) in [4.78, 5) is 32.6. The molecule has 3 heterocycles. The first-order valence-electron chi connectivity index (χ1n) is 8.86. The molecule has 1 fully saturated rings. The lowest BCUT2D eigenvalue weighted by Crippen LogP contribution is -2.33. The molecule has 2 aromatic rings. The van der Waals surface area contributed by atoms with E-state index in [2.05, 4.69) is 5.16 Å². The zero-order valence-electron chi connectivity index (χ0n) is 15.6. The Morgan fingerprint density at radius 3 is 2.62 bits per heavy atom. The molecule has 0 spiro atoms. The van der Waals surface area contributed by atoms with Crippen LogP contribution in [0, 0.1) is 5.92 Å². The van der Waals surface area contributed by atoms with Crippen molar-refractivity contribution in [2.75, 3.05) is 25.9 Å². The third-order valence-electron chi connectivity index (χ3n) is 5.11. The molecule has 5 rings (SSSR count). The number of oxime groups is 1. The fourth-order valence-corrected chi connectivity index (χ4v) is 3.69. The summed E-state index contributed by atoms with van der Waals surface area (Å²) in [7, 11) is 3.05. The van der Waals surface area contributed by atoms with Crippen molar-refractivity contribution in [2.24, 2.45) is 11.1 Å². The number of ether oxygens (including phenoxy) is 4. The van der Waals surface area contributed by atoms with Gasteiger partial charge >= 0.3 is 0 Å². The van der Waals surface area contributed by atoms with Gasteiger partial charge in [-0.25, -0.2) is 4.90 Å². The second-order valence-electron chi connectivity index (χ2n) is 6.60. The van der Waals surface area contributed by atoms with E-state index in [0.29, 0.717) is 40.0 Å². The number of carbonyl (C=O) groups excluding carboxylic acids is 2. The van der Waals surface area contributed by atoms with E-state index in [-0.39, 0.29) is 6.79 Å². The van der Waals surface area contributed by atoms with E-state index in [9.17, 15) is 9.59 Å². The molecule has 9 heteroatoms. The maximum absolute atomic E-state index is 13.2. The van der Waals surface area contributed by atoms with Crippen LogP contribution in [0.1, 0.15) is 5.56 Å². The zero-order valence-corrected chi connectivity index (χ0v) is 15.6. The predicted octanol–water partition coefficient (Wildman–Crippen LogP) is 1.72. The summed E-state index contributed by atoms with van der Waals surface area (Å²) in [5, 5.41) is 4.02. The third kappa shape index (κ3) is 2.50. The largest absolute Gasteiger partial charge is 0.497 e. The monoisotopic (exact) mass is 396 g/mol. The second kappa shape index (κ2) is 6.40. The molecule has 0 unspecified atom stereocenters. The van der Waals surface area contributed by atoms with Gasteiger partial charge in [0.1, 0.15) is 23.1 Å². The van der Waals surface area contributed by atoms with Gasteiger partial charge in [0.2, 0.25) is 18.8 Å². The number of benzene rings is 2. The van der Waals surface area contributed by atoms with Crippen molar-refractivity contribution in [1.29, 1.82) is 0 Å². The molecule has 148 valence electrons. The molecule has 1 saturated heterocycles. The number of methoxy groups -OCH3 is 2. The lowest BCUT2D eigenvalue weighted by atomic mass is 9.93. The summed E-state index contributed by atoms with van der Waals surface area (Å²) in [6.45, 7) is 0.100. The number of nitrogens with zero attached hydrogens (tertiary/aromatic N) is 2. The Bertz CT molecular complexity index is 1060. The average molecular weight is 396 g/mol. The quantitative estimate of drug-likeness (QED) is 0.726. The van der Waals surface area contributed by atoms with Gasteiger partial charge in [-0.2, -0.15) is 0 Å². The molecule has 2 amide bonds. The van der Waals surface area contributed by atoms with E-state index in [1.54, 1.807) is 43.5 Å². The van der Waals surface area contributed by atoms with E-state index >= 15 is 0 Å². The van der Waals surface area contributed by atoms with Crippen LogP contribution >= 0.6 is 0 Å². The number of fused-ring (bicyclic) bond motifs is 2. The van der Waals surface area contributed by atoms with Gasteiger partial charge < -0.3 is 23.8 Å². The SMILES string of the molecule is COc1ccc(C2=NO[C@@H]3C(=O)N(c4ccc5c(c4)OCO5)C(=O)[C@@H]23)c(OC)c1. The first-order chi connectivity index (χ1) is 14.1. The topological polar surface area (TPSA) is 95.9 Å². The van der Waals surface area contributed by atoms with Crippen LogP contribution in [-0.2, 0) is 14.4 Å². The van der Waals surface area contributed by atoms with Crippen molar-refractivity contribution < 1.29 is 33.4 Å². The van der Waals surface area contributed by atoms with Gasteiger partial charge in [-0.05, 0) is 24.3 Å². The Hall–Kier alpha value is -3.75. The minimum Gasteiger partial charge on any atom is -0.497 e. The van der Waals surface area contributed by atoms with E-state index < -0.39 is 23.8 Å². The summed E-state index contributed by atoms with van der Waals surface area (Å²) < 4.78 is 21.3. The van der Waals surface area contributed by atoms with Gasteiger partial charge in [0.05, 0.1) is 19.9 Å². The fourth-order valence-electron chi connectivity index (χ4n) is 3.69. The highest BCUT2D eigenvalue weighted by molar-refractivity contribution is 6.32. The van der Waals surface area contributed by atoms with Crippen molar-refractivity contribution in [3.8, 4) is 23.0 Å². The normalized spacial score (nSPS) is 21.7. The second-order valence-corrected chi connectivity index (χ2v) is 6.60. The van der Waals surface area contributed by atoms with Gasteiger partial charge in [-0.3, -0.25) is 9.59 Å². The molecule has 0 bridgehead atoms. The van der Waals surface area contributed by atoms with Crippen LogP contribution in [0.2, 0.25) is 0 Å². The molecule has 0 N–H and O–H groups in total. The molecular formula is C20H16N2O7. The average Bonchev–Trinajstić information content (AvgIpc) is 3.44. The number of hydrogen-bond acceptors (Lipinski definition) is 8. The van der Waals surface area contributed by atoms with Crippen LogP contribution in [0.3, 0.4) is 0 Å². The van der Waals surface area contributed by atoms with E-state index in [1.807, 2.05) is 0 Å². The highest BCUT2D eigenvalue weighted by Gasteiger charge is 2.56. The fraction of sp³-hybridized carbons (Fsp3) is 0.250. The summed E-state index contributed by atoms with van der Waals surface area (Å²) in [6.07, 6.45) is -1.02. The van der Waals surface area contributed by atoms with Gasteiger partial charge in [-0.1, -0.05) is 5.16 Å². The van der Waals surface area contributed by atoms with Crippen LogP contribution in [0.25, 0.3) is 0 Å². The molecule has 2 atom stereocenters. The molecule has 2 aromatic carbocycles. The number of rotatable bonds is 4. The highest BCUT2D eigenvalue weighted by Crippen LogP contribution is 2.41. The molecule has 9 nitrogen and oxygen atoms in total. The molecule has 29 heavy (non-hydrogen) atoms. The molecule has 3 aliphatic rings. The van der Waals surface area contributed by atoms with Crippen molar-refractivity contribution in [1.82, 2.24) is 0 Å². The molecular weight excluding hydrogens is 380 g/mol. The minimum absolute atomic E-state index is 0.100. The summed E-state index contributed by atoms with van der Waals surface area (Å²) in [6, 6.07) is 10.0. The van der Waals surface area contributed by atoms with Gasteiger partial charge in [-0.15, -0.1) is 0 Å². The number of imide groups is 1. The first-order valence-corrected chi connectivity index (χ1v) is 8.86. The van der Waals surface area contributed by atoms with E-state index in [0.717, 1.165) is 4.90 Å². The molecule has 0 aromatic heterocycles. The Morgan fingerprint density at radius 1 is 1.00 bits per heavy atom. The van der Waals surface area contributed by atoms with Gasteiger partial charge in [0, 0.05) is 17.7 Å². The van der Waals surface area contributed by atoms with E-state index in [1.165, 1.54) is 7.11 Å². The van der Waals surface area contributed by atoms with Crippen molar-refractivity contribution >= 4 is 23.2 Å². The molecule has 3 aliphatic heterocycles. The van der Waals surface area contributed by atoms with Crippen LogP contribution in [0.15, 0.2) is 41.6 Å². The Balaban J connectivity index is 1.51. The van der Waals surface area contributed by atoms with Crippen LogP contribution in [-0.4, -0.2) is 44.6 Å². The Labute approximate surface area is 165 Å². The minimum atomic E-state index is -1.02. The van der Waals surface area contributed by atoms with Crippen molar-refractivity contribution in [3.63, 3.8) is 0 Å². The number of carbonyl (C=O) groups is 2. The number of anilines is 1. The molecule has 0 radical (unpaired) electrons. The third-order valence-corrected chi connectivity index (χ3v) is 5.11. The van der Waals surface area contributed by atoms with Crippen LogP contribution < -0.4 is 23.8 Å². The maximum atomic E-state index is 13.2. The highest BCUT2D eigenvalue weighted by atomic mass is 16.7. The predicted molar refractivity (Wildman–Crippen MR) is 99.5 cm³/mol.